The highest BCUT2D eigenvalue weighted by atomic mass is 16.3. The highest BCUT2D eigenvalue weighted by Crippen LogP contribution is 2.14. The van der Waals surface area contributed by atoms with Crippen molar-refractivity contribution in [2.45, 2.75) is 25.0 Å². The van der Waals surface area contributed by atoms with Crippen LogP contribution in [0.4, 0.5) is 0 Å². The molecule has 5 heteroatoms. The number of aliphatic hydroxyl groups excluding tert-OH is 2. The largest absolute Gasteiger partial charge is 0.394 e. The zero-order valence-electron chi connectivity index (χ0n) is 10.2. The lowest BCUT2D eigenvalue weighted by Crippen LogP contribution is -2.34. The van der Waals surface area contributed by atoms with Gasteiger partial charge in [0.15, 0.2) is 0 Å². The first kappa shape index (κ1) is 14.6. The molecule has 0 bridgehead atoms. The van der Waals surface area contributed by atoms with Gasteiger partial charge in [-0.15, -0.1) is 0 Å². The molecule has 1 aromatic carbocycles. The number of rotatable bonds is 7. The summed E-state index contributed by atoms with van der Waals surface area (Å²) in [5.41, 5.74) is 6.96. The molecule has 0 fully saturated rings. The van der Waals surface area contributed by atoms with E-state index in [-0.39, 0.29) is 25.1 Å². The van der Waals surface area contributed by atoms with Crippen LogP contribution in [-0.2, 0) is 4.79 Å². The molecular weight excluding hydrogens is 232 g/mol. The number of nitrogens with two attached hydrogens (primary N) is 1. The number of carbonyl (C=O) groups is 1. The standard InChI is InChI=1S/C13H20N2O3/c14-12(10-4-2-1-3-5-10)6-7-13(18)15-8-11(17)9-16/h1-5,11-12,16-17H,6-9,14H2,(H,15,18). The van der Waals surface area contributed by atoms with Crippen molar-refractivity contribution < 1.29 is 15.0 Å². The maximum atomic E-state index is 11.4. The average molecular weight is 252 g/mol. The maximum absolute atomic E-state index is 11.4. The summed E-state index contributed by atoms with van der Waals surface area (Å²) in [7, 11) is 0. The Morgan fingerprint density at radius 2 is 2.00 bits per heavy atom. The number of carbonyl (C=O) groups excluding carboxylic acids is 1. The smallest absolute Gasteiger partial charge is 0.220 e. The van der Waals surface area contributed by atoms with Gasteiger partial charge >= 0.3 is 0 Å². The Hall–Kier alpha value is -1.43. The minimum absolute atomic E-state index is 0.0654. The van der Waals surface area contributed by atoms with E-state index in [0.29, 0.717) is 12.8 Å². The summed E-state index contributed by atoms with van der Waals surface area (Å²) in [6.07, 6.45) is -0.0593. The molecule has 18 heavy (non-hydrogen) atoms. The second-order valence-electron chi connectivity index (χ2n) is 4.20. The van der Waals surface area contributed by atoms with Gasteiger partial charge in [-0.3, -0.25) is 4.79 Å². The van der Waals surface area contributed by atoms with Crippen molar-refractivity contribution in [2.24, 2.45) is 5.73 Å². The predicted octanol–water partition coefficient (Wildman–Crippen LogP) is -0.0640. The Morgan fingerprint density at radius 3 is 2.61 bits per heavy atom. The SMILES string of the molecule is NC(CCC(=O)NCC(O)CO)c1ccccc1. The van der Waals surface area contributed by atoms with Gasteiger partial charge in [-0.1, -0.05) is 30.3 Å². The molecule has 0 aromatic heterocycles. The average Bonchev–Trinajstić information content (AvgIpc) is 2.42. The molecule has 100 valence electrons. The number of amides is 1. The molecule has 1 amide bonds. The van der Waals surface area contributed by atoms with E-state index in [1.807, 2.05) is 30.3 Å². The number of hydrogen-bond donors (Lipinski definition) is 4. The summed E-state index contributed by atoms with van der Waals surface area (Å²) >= 11 is 0. The molecule has 0 aliphatic heterocycles. The van der Waals surface area contributed by atoms with Crippen molar-refractivity contribution in [1.29, 1.82) is 0 Å². The van der Waals surface area contributed by atoms with Gasteiger partial charge in [0.25, 0.3) is 0 Å². The van der Waals surface area contributed by atoms with Crippen LogP contribution in [0.25, 0.3) is 0 Å². The monoisotopic (exact) mass is 252 g/mol. The van der Waals surface area contributed by atoms with Gasteiger partial charge in [0.2, 0.25) is 5.91 Å². The molecule has 1 rings (SSSR count). The van der Waals surface area contributed by atoms with Crippen LogP contribution in [-0.4, -0.2) is 35.4 Å². The van der Waals surface area contributed by atoms with Crippen molar-refractivity contribution in [3.05, 3.63) is 35.9 Å². The Bertz CT molecular complexity index is 357. The molecular formula is C13H20N2O3. The molecule has 2 atom stereocenters. The first-order valence-corrected chi connectivity index (χ1v) is 5.99. The first-order valence-electron chi connectivity index (χ1n) is 5.99. The van der Waals surface area contributed by atoms with Crippen molar-refractivity contribution >= 4 is 5.91 Å². The van der Waals surface area contributed by atoms with Crippen molar-refractivity contribution in [3.8, 4) is 0 Å². The van der Waals surface area contributed by atoms with Gasteiger partial charge < -0.3 is 21.3 Å². The molecule has 0 spiro atoms. The minimum Gasteiger partial charge on any atom is -0.394 e. The lowest BCUT2D eigenvalue weighted by atomic mass is 10.0. The Balaban J connectivity index is 2.26. The van der Waals surface area contributed by atoms with Crippen LogP contribution in [0.3, 0.4) is 0 Å². The summed E-state index contributed by atoms with van der Waals surface area (Å²) in [6.45, 7) is -0.292. The second-order valence-corrected chi connectivity index (χ2v) is 4.20. The van der Waals surface area contributed by atoms with Gasteiger partial charge in [-0.05, 0) is 12.0 Å². The molecule has 0 aliphatic carbocycles. The Kier molecular flexibility index (Phi) is 6.35. The third-order valence-corrected chi connectivity index (χ3v) is 2.66. The van der Waals surface area contributed by atoms with Gasteiger partial charge in [-0.25, -0.2) is 0 Å². The zero-order chi connectivity index (χ0) is 13.4. The second kappa shape index (κ2) is 7.81. The summed E-state index contributed by atoms with van der Waals surface area (Å²) in [6, 6.07) is 9.43. The predicted molar refractivity (Wildman–Crippen MR) is 68.7 cm³/mol. The summed E-state index contributed by atoms with van der Waals surface area (Å²) in [4.78, 5) is 11.4. The van der Waals surface area contributed by atoms with Crippen LogP contribution < -0.4 is 11.1 Å². The van der Waals surface area contributed by atoms with E-state index in [9.17, 15) is 4.79 Å². The fraction of sp³-hybridized carbons (Fsp3) is 0.462. The van der Waals surface area contributed by atoms with E-state index in [1.165, 1.54) is 0 Å². The lowest BCUT2D eigenvalue weighted by molar-refractivity contribution is -0.121. The van der Waals surface area contributed by atoms with E-state index in [0.717, 1.165) is 5.56 Å². The van der Waals surface area contributed by atoms with E-state index >= 15 is 0 Å². The van der Waals surface area contributed by atoms with Gasteiger partial charge in [0, 0.05) is 19.0 Å². The molecule has 0 saturated carbocycles. The van der Waals surface area contributed by atoms with E-state index < -0.39 is 6.10 Å². The fourth-order valence-corrected chi connectivity index (χ4v) is 1.54. The first-order chi connectivity index (χ1) is 8.63. The Labute approximate surface area is 107 Å². The van der Waals surface area contributed by atoms with Crippen LogP contribution in [0.5, 0.6) is 0 Å². The third-order valence-electron chi connectivity index (χ3n) is 2.66. The Morgan fingerprint density at radius 1 is 1.33 bits per heavy atom. The topological polar surface area (TPSA) is 95.6 Å². The quantitative estimate of drug-likeness (QED) is 0.546. The molecule has 0 radical (unpaired) electrons. The molecule has 1 aromatic rings. The van der Waals surface area contributed by atoms with Crippen molar-refractivity contribution in [1.82, 2.24) is 5.32 Å². The van der Waals surface area contributed by atoms with Gasteiger partial charge in [0.05, 0.1) is 12.7 Å². The van der Waals surface area contributed by atoms with E-state index in [4.69, 9.17) is 15.9 Å². The van der Waals surface area contributed by atoms with Gasteiger partial charge in [-0.2, -0.15) is 0 Å². The fourth-order valence-electron chi connectivity index (χ4n) is 1.54. The van der Waals surface area contributed by atoms with Crippen LogP contribution in [0.2, 0.25) is 0 Å². The van der Waals surface area contributed by atoms with E-state index in [1.54, 1.807) is 0 Å². The maximum Gasteiger partial charge on any atom is 0.220 e. The highest BCUT2D eigenvalue weighted by Gasteiger charge is 2.10. The normalized spacial score (nSPS) is 13.9. The lowest BCUT2D eigenvalue weighted by Gasteiger charge is -2.12. The zero-order valence-corrected chi connectivity index (χ0v) is 10.2. The van der Waals surface area contributed by atoms with Crippen molar-refractivity contribution in [2.75, 3.05) is 13.2 Å². The van der Waals surface area contributed by atoms with E-state index in [2.05, 4.69) is 5.32 Å². The van der Waals surface area contributed by atoms with Crippen molar-refractivity contribution in [3.63, 3.8) is 0 Å². The minimum atomic E-state index is -0.906. The molecule has 2 unspecified atom stereocenters. The van der Waals surface area contributed by atoms with Crippen LogP contribution in [0, 0.1) is 0 Å². The number of hydrogen-bond acceptors (Lipinski definition) is 4. The molecule has 5 N–H and O–H groups in total. The molecule has 0 saturated heterocycles. The molecule has 0 heterocycles. The van der Waals surface area contributed by atoms with Crippen LogP contribution in [0.1, 0.15) is 24.4 Å². The number of benzene rings is 1. The van der Waals surface area contributed by atoms with Gasteiger partial charge in [0.1, 0.15) is 0 Å². The number of aliphatic hydroxyl groups is 2. The highest BCUT2D eigenvalue weighted by molar-refractivity contribution is 5.75. The molecule has 5 nitrogen and oxygen atoms in total. The number of nitrogens with one attached hydrogen (secondary N) is 1. The van der Waals surface area contributed by atoms with Crippen LogP contribution in [0.15, 0.2) is 30.3 Å². The summed E-state index contributed by atoms with van der Waals surface area (Å²) in [5.74, 6) is -0.172. The third kappa shape index (κ3) is 5.27. The summed E-state index contributed by atoms with van der Waals surface area (Å²) < 4.78 is 0. The molecule has 0 aliphatic rings. The summed E-state index contributed by atoms with van der Waals surface area (Å²) in [5, 5.41) is 20.2. The van der Waals surface area contributed by atoms with Crippen LogP contribution >= 0.6 is 0 Å².